The number of nitrogens with one attached hydrogen (secondary N) is 2. The quantitative estimate of drug-likeness (QED) is 0.794. The number of rotatable bonds is 3. The Labute approximate surface area is 160 Å². The first-order valence-corrected chi connectivity index (χ1v) is 8.58. The fourth-order valence-electron chi connectivity index (χ4n) is 4.10. The molecule has 1 aromatic heterocycles. The van der Waals surface area contributed by atoms with Gasteiger partial charge in [0.05, 0.1) is 6.04 Å². The Hall–Kier alpha value is -2.45. The van der Waals surface area contributed by atoms with Crippen LogP contribution in [0.1, 0.15) is 11.6 Å². The lowest BCUT2D eigenvalue weighted by Crippen LogP contribution is -2.39. The van der Waals surface area contributed by atoms with Gasteiger partial charge in [0, 0.05) is 37.8 Å². The predicted molar refractivity (Wildman–Crippen MR) is 99.3 cm³/mol. The average Bonchev–Trinajstić information content (AvgIpc) is 3.18. The number of likely N-dealkylation sites (tertiary alicyclic amines) is 1. The van der Waals surface area contributed by atoms with Crippen molar-refractivity contribution in [1.82, 2.24) is 19.8 Å². The zero-order valence-electron chi connectivity index (χ0n) is 14.4. The molecule has 27 heavy (non-hydrogen) atoms. The number of aromatic amines is 1. The zero-order valence-corrected chi connectivity index (χ0v) is 15.2. The van der Waals surface area contributed by atoms with Crippen LogP contribution < -0.4 is 16.6 Å². The van der Waals surface area contributed by atoms with Crippen LogP contribution in [0.3, 0.4) is 0 Å². The molecule has 144 valence electrons. The highest BCUT2D eigenvalue weighted by Gasteiger charge is 2.46. The minimum atomic E-state index is -0.616. The maximum absolute atomic E-state index is 13.7. The van der Waals surface area contributed by atoms with Crippen molar-refractivity contribution in [2.24, 2.45) is 11.8 Å². The minimum absolute atomic E-state index is 0. The van der Waals surface area contributed by atoms with Crippen LogP contribution >= 0.6 is 12.4 Å². The first-order valence-electron chi connectivity index (χ1n) is 8.58. The predicted octanol–water partition coefficient (Wildman–Crippen LogP) is 0.517. The van der Waals surface area contributed by atoms with Crippen molar-refractivity contribution >= 4 is 18.3 Å². The number of halogens is 2. The second kappa shape index (κ2) is 7.66. The van der Waals surface area contributed by atoms with Crippen LogP contribution in [0.2, 0.25) is 0 Å². The summed E-state index contributed by atoms with van der Waals surface area (Å²) in [4.78, 5) is 39.8. The largest absolute Gasteiger partial charge is 0.333 e. The second-order valence-electron chi connectivity index (χ2n) is 6.87. The van der Waals surface area contributed by atoms with Crippen LogP contribution in [0.4, 0.5) is 4.39 Å². The maximum atomic E-state index is 13.7. The Kier molecular flexibility index (Phi) is 5.48. The van der Waals surface area contributed by atoms with E-state index in [0.29, 0.717) is 12.5 Å². The molecule has 2 N–H and O–H groups in total. The summed E-state index contributed by atoms with van der Waals surface area (Å²) in [6, 6.07) is 7.32. The molecule has 0 unspecified atom stereocenters. The van der Waals surface area contributed by atoms with Crippen molar-refractivity contribution in [2.75, 3.05) is 19.6 Å². The summed E-state index contributed by atoms with van der Waals surface area (Å²) in [5, 5.41) is 3.34. The van der Waals surface area contributed by atoms with Crippen molar-refractivity contribution in [3.8, 4) is 0 Å². The van der Waals surface area contributed by atoms with Crippen molar-refractivity contribution in [1.29, 1.82) is 0 Å². The first-order chi connectivity index (χ1) is 12.5. The highest BCUT2D eigenvalue weighted by atomic mass is 35.5. The third kappa shape index (κ3) is 3.68. The molecule has 3 atom stereocenters. The van der Waals surface area contributed by atoms with Gasteiger partial charge in [-0.3, -0.25) is 19.1 Å². The van der Waals surface area contributed by atoms with E-state index in [4.69, 9.17) is 0 Å². The number of carbonyl (C=O) groups is 1. The molecular weight excluding hydrogens is 375 g/mol. The van der Waals surface area contributed by atoms with Crippen LogP contribution in [0.5, 0.6) is 0 Å². The number of hydrogen-bond donors (Lipinski definition) is 2. The molecule has 0 spiro atoms. The molecule has 0 radical (unpaired) electrons. The molecule has 1 aromatic carbocycles. The van der Waals surface area contributed by atoms with E-state index in [9.17, 15) is 18.8 Å². The summed E-state index contributed by atoms with van der Waals surface area (Å²) in [6.07, 6.45) is 1.31. The van der Waals surface area contributed by atoms with Crippen LogP contribution in [0.15, 0.2) is 46.1 Å². The number of H-pyrrole nitrogens is 1. The number of aromatic nitrogens is 2. The Bertz CT molecular complexity index is 960. The molecule has 9 heteroatoms. The number of nitrogens with zero attached hydrogens (tertiary/aromatic N) is 2. The maximum Gasteiger partial charge on any atom is 0.328 e. The van der Waals surface area contributed by atoms with Crippen molar-refractivity contribution in [3.63, 3.8) is 0 Å². The SMILES string of the molecule is Cl.O=C(Cn1ccc(=O)[nH]c1=O)N1C[C@@H]2CNC[C@@H]2[C@@H]1c1cccc(F)c1. The summed E-state index contributed by atoms with van der Waals surface area (Å²) in [6.45, 7) is 2.00. The smallest absolute Gasteiger partial charge is 0.328 e. The van der Waals surface area contributed by atoms with Gasteiger partial charge in [-0.05, 0) is 23.6 Å². The molecule has 3 heterocycles. The monoisotopic (exact) mass is 394 g/mol. The van der Waals surface area contributed by atoms with E-state index in [1.807, 2.05) is 6.07 Å². The number of carbonyl (C=O) groups excluding carboxylic acids is 1. The third-order valence-corrected chi connectivity index (χ3v) is 5.28. The average molecular weight is 395 g/mol. The topological polar surface area (TPSA) is 87.2 Å². The Morgan fingerprint density at radius 2 is 2.04 bits per heavy atom. The van der Waals surface area contributed by atoms with Gasteiger partial charge in [-0.2, -0.15) is 0 Å². The van der Waals surface area contributed by atoms with Gasteiger partial charge in [0.25, 0.3) is 5.56 Å². The number of amides is 1. The normalized spacial score (nSPS) is 23.7. The summed E-state index contributed by atoms with van der Waals surface area (Å²) in [5.41, 5.74) is -0.351. The third-order valence-electron chi connectivity index (χ3n) is 5.28. The standard InChI is InChI=1S/C18H19FN4O3.ClH/c19-13-3-1-2-11(6-13)17-14-8-20-7-12(14)9-23(17)16(25)10-22-5-4-15(24)21-18(22)26;/h1-6,12,14,17,20H,7-10H2,(H,21,24,26);1H/t12-,14-,17-;/m0./s1. The van der Waals surface area contributed by atoms with Gasteiger partial charge in [-0.1, -0.05) is 12.1 Å². The first kappa shape index (κ1) is 19.3. The Morgan fingerprint density at radius 1 is 1.22 bits per heavy atom. The van der Waals surface area contributed by atoms with Gasteiger partial charge in [0.15, 0.2) is 0 Å². The second-order valence-corrected chi connectivity index (χ2v) is 6.87. The van der Waals surface area contributed by atoms with Crippen LogP contribution in [0, 0.1) is 17.7 Å². The van der Waals surface area contributed by atoms with Crippen molar-refractivity contribution in [2.45, 2.75) is 12.6 Å². The van der Waals surface area contributed by atoms with Crippen LogP contribution in [0.25, 0.3) is 0 Å². The Morgan fingerprint density at radius 3 is 2.78 bits per heavy atom. The summed E-state index contributed by atoms with van der Waals surface area (Å²) in [7, 11) is 0. The van der Waals surface area contributed by atoms with E-state index < -0.39 is 11.2 Å². The minimum Gasteiger partial charge on any atom is -0.333 e. The van der Waals surface area contributed by atoms with Crippen LogP contribution in [-0.2, 0) is 11.3 Å². The van der Waals surface area contributed by atoms with Crippen LogP contribution in [-0.4, -0.2) is 40.0 Å². The highest BCUT2D eigenvalue weighted by Crippen LogP contribution is 2.42. The molecule has 2 aliphatic rings. The van der Waals surface area contributed by atoms with Crippen molar-refractivity contribution < 1.29 is 9.18 Å². The van der Waals surface area contributed by atoms with Gasteiger partial charge >= 0.3 is 5.69 Å². The van der Waals surface area contributed by atoms with Gasteiger partial charge < -0.3 is 10.2 Å². The van der Waals surface area contributed by atoms with Gasteiger partial charge in [0.2, 0.25) is 5.91 Å². The molecule has 2 saturated heterocycles. The summed E-state index contributed by atoms with van der Waals surface area (Å²) >= 11 is 0. The van der Waals surface area contributed by atoms with E-state index in [-0.39, 0.29) is 42.6 Å². The zero-order chi connectivity index (χ0) is 18.3. The lowest BCUT2D eigenvalue weighted by atomic mass is 9.89. The number of hydrogen-bond acceptors (Lipinski definition) is 4. The van der Waals surface area contributed by atoms with Gasteiger partial charge in [0.1, 0.15) is 12.4 Å². The summed E-state index contributed by atoms with van der Waals surface area (Å²) in [5.74, 6) is -0.0310. The fraction of sp³-hybridized carbons (Fsp3) is 0.389. The van der Waals surface area contributed by atoms with Crippen molar-refractivity contribution in [3.05, 3.63) is 68.7 Å². The highest BCUT2D eigenvalue weighted by molar-refractivity contribution is 5.85. The molecule has 0 bridgehead atoms. The molecule has 7 nitrogen and oxygen atoms in total. The number of fused-ring (bicyclic) bond motifs is 1. The van der Waals surface area contributed by atoms with E-state index in [0.717, 1.165) is 18.7 Å². The van der Waals surface area contributed by atoms with Gasteiger partial charge in [-0.15, -0.1) is 12.4 Å². The van der Waals surface area contributed by atoms with E-state index in [1.165, 1.54) is 29.0 Å². The lowest BCUT2D eigenvalue weighted by Gasteiger charge is -2.28. The lowest BCUT2D eigenvalue weighted by molar-refractivity contribution is -0.133. The molecule has 4 rings (SSSR count). The molecule has 0 aliphatic carbocycles. The molecule has 2 aromatic rings. The molecule has 2 fully saturated rings. The van der Waals surface area contributed by atoms with Gasteiger partial charge in [-0.25, -0.2) is 9.18 Å². The Balaban J connectivity index is 0.00000210. The van der Waals surface area contributed by atoms with E-state index >= 15 is 0 Å². The fourth-order valence-corrected chi connectivity index (χ4v) is 4.10. The molecular formula is C18H20ClFN4O3. The van der Waals surface area contributed by atoms with E-state index in [1.54, 1.807) is 11.0 Å². The molecule has 1 amide bonds. The summed E-state index contributed by atoms with van der Waals surface area (Å²) < 4.78 is 14.9. The number of benzene rings is 1. The molecule has 0 saturated carbocycles. The van der Waals surface area contributed by atoms with E-state index in [2.05, 4.69) is 10.3 Å². The molecule has 2 aliphatic heterocycles.